The Morgan fingerprint density at radius 3 is 2.17 bits per heavy atom. The highest BCUT2D eigenvalue weighted by atomic mass is 16.1. The lowest BCUT2D eigenvalue weighted by atomic mass is 9.96. The minimum absolute atomic E-state index is 0.0122. The third-order valence-corrected chi connectivity index (χ3v) is 2.48. The van der Waals surface area contributed by atoms with E-state index in [9.17, 15) is 4.79 Å². The zero-order valence-electron chi connectivity index (χ0n) is 12.1. The van der Waals surface area contributed by atoms with E-state index in [2.05, 4.69) is 36.4 Å². The standard InChI is InChI=1S/C14H23N3O/c1-10(18)16-14(5,6)11-7-8-12(15-9-11)17-13(2,3)4/h7-9H,1-6H3,(H,15,17)(H,16,18). The lowest BCUT2D eigenvalue weighted by Gasteiger charge is -2.27. The van der Waals surface area contributed by atoms with Crippen LogP contribution in [0.25, 0.3) is 0 Å². The van der Waals surface area contributed by atoms with E-state index in [0.29, 0.717) is 0 Å². The monoisotopic (exact) mass is 249 g/mol. The molecule has 0 saturated heterocycles. The summed E-state index contributed by atoms with van der Waals surface area (Å²) in [7, 11) is 0. The number of nitrogens with one attached hydrogen (secondary N) is 2. The van der Waals surface area contributed by atoms with Crippen LogP contribution < -0.4 is 10.6 Å². The van der Waals surface area contributed by atoms with Gasteiger partial charge in [0.1, 0.15) is 5.82 Å². The Morgan fingerprint density at radius 2 is 1.78 bits per heavy atom. The Hall–Kier alpha value is -1.58. The molecule has 0 aliphatic heterocycles. The maximum Gasteiger partial charge on any atom is 0.217 e. The summed E-state index contributed by atoms with van der Waals surface area (Å²) < 4.78 is 0. The van der Waals surface area contributed by atoms with Crippen LogP contribution >= 0.6 is 0 Å². The van der Waals surface area contributed by atoms with E-state index in [0.717, 1.165) is 11.4 Å². The number of carbonyl (C=O) groups excluding carboxylic acids is 1. The smallest absolute Gasteiger partial charge is 0.217 e. The maximum absolute atomic E-state index is 11.1. The van der Waals surface area contributed by atoms with Crippen LogP contribution in [0.3, 0.4) is 0 Å². The first kappa shape index (κ1) is 14.5. The summed E-state index contributed by atoms with van der Waals surface area (Å²) in [5.41, 5.74) is 0.568. The van der Waals surface area contributed by atoms with Crippen molar-refractivity contribution in [1.29, 1.82) is 0 Å². The second-order valence-electron chi connectivity index (χ2n) is 6.11. The van der Waals surface area contributed by atoms with Crippen molar-refractivity contribution in [3.05, 3.63) is 23.9 Å². The van der Waals surface area contributed by atoms with Crippen LogP contribution in [0.5, 0.6) is 0 Å². The van der Waals surface area contributed by atoms with Crippen LogP contribution in [0.15, 0.2) is 18.3 Å². The number of anilines is 1. The lowest BCUT2D eigenvalue weighted by molar-refractivity contribution is -0.120. The van der Waals surface area contributed by atoms with Gasteiger partial charge in [0.15, 0.2) is 0 Å². The summed E-state index contributed by atoms with van der Waals surface area (Å²) in [5, 5.41) is 6.21. The van der Waals surface area contributed by atoms with Gasteiger partial charge in [0.2, 0.25) is 5.91 Å². The molecule has 2 N–H and O–H groups in total. The average Bonchev–Trinajstić information content (AvgIpc) is 2.13. The number of hydrogen-bond acceptors (Lipinski definition) is 3. The Morgan fingerprint density at radius 1 is 1.17 bits per heavy atom. The first-order valence-electron chi connectivity index (χ1n) is 6.14. The molecule has 0 atom stereocenters. The van der Waals surface area contributed by atoms with E-state index in [1.165, 1.54) is 6.92 Å². The van der Waals surface area contributed by atoms with Crippen LogP contribution in [0.1, 0.15) is 47.1 Å². The number of rotatable bonds is 3. The number of amides is 1. The highest BCUT2D eigenvalue weighted by molar-refractivity contribution is 5.74. The first-order valence-corrected chi connectivity index (χ1v) is 6.14. The normalized spacial score (nSPS) is 12.1. The first-order chi connectivity index (χ1) is 8.10. The Balaban J connectivity index is 2.85. The van der Waals surface area contributed by atoms with Gasteiger partial charge in [-0.3, -0.25) is 4.79 Å². The summed E-state index contributed by atoms with van der Waals surface area (Å²) in [6.45, 7) is 11.7. The zero-order chi connectivity index (χ0) is 14.0. The summed E-state index contributed by atoms with van der Waals surface area (Å²) in [4.78, 5) is 15.5. The number of hydrogen-bond donors (Lipinski definition) is 2. The van der Waals surface area contributed by atoms with Gasteiger partial charge in [0.25, 0.3) is 0 Å². The quantitative estimate of drug-likeness (QED) is 0.866. The van der Waals surface area contributed by atoms with Crippen molar-refractivity contribution >= 4 is 11.7 Å². The number of nitrogens with zero attached hydrogens (tertiary/aromatic N) is 1. The van der Waals surface area contributed by atoms with E-state index in [1.54, 1.807) is 6.20 Å². The van der Waals surface area contributed by atoms with E-state index in [-0.39, 0.29) is 11.4 Å². The van der Waals surface area contributed by atoms with Gasteiger partial charge in [-0.05, 0) is 46.2 Å². The zero-order valence-corrected chi connectivity index (χ0v) is 12.1. The molecule has 0 aliphatic carbocycles. The van der Waals surface area contributed by atoms with Crippen LogP contribution in [0.4, 0.5) is 5.82 Å². The Bertz CT molecular complexity index is 416. The molecule has 0 fully saturated rings. The highest BCUT2D eigenvalue weighted by Gasteiger charge is 2.21. The largest absolute Gasteiger partial charge is 0.365 e. The fourth-order valence-corrected chi connectivity index (χ4v) is 1.73. The molecular formula is C14H23N3O. The Labute approximate surface area is 109 Å². The highest BCUT2D eigenvalue weighted by Crippen LogP contribution is 2.21. The van der Waals surface area contributed by atoms with Gasteiger partial charge < -0.3 is 10.6 Å². The number of carbonyl (C=O) groups is 1. The van der Waals surface area contributed by atoms with Crippen molar-refractivity contribution in [3.63, 3.8) is 0 Å². The van der Waals surface area contributed by atoms with Crippen molar-refractivity contribution in [1.82, 2.24) is 10.3 Å². The topological polar surface area (TPSA) is 54.0 Å². The molecule has 0 bridgehead atoms. The molecule has 0 aromatic carbocycles. The van der Waals surface area contributed by atoms with Gasteiger partial charge in [0, 0.05) is 18.7 Å². The second kappa shape index (κ2) is 4.96. The molecule has 1 aromatic heterocycles. The van der Waals surface area contributed by atoms with Crippen molar-refractivity contribution in [3.8, 4) is 0 Å². The van der Waals surface area contributed by atoms with Crippen molar-refractivity contribution in [2.45, 2.75) is 52.6 Å². The van der Waals surface area contributed by atoms with E-state index in [4.69, 9.17) is 0 Å². The van der Waals surface area contributed by atoms with Crippen LogP contribution in [0, 0.1) is 0 Å². The molecule has 4 nitrogen and oxygen atoms in total. The second-order valence-corrected chi connectivity index (χ2v) is 6.11. The molecular weight excluding hydrogens is 226 g/mol. The summed E-state index contributed by atoms with van der Waals surface area (Å²) in [5.74, 6) is 0.793. The van der Waals surface area contributed by atoms with E-state index in [1.807, 2.05) is 26.0 Å². The van der Waals surface area contributed by atoms with Gasteiger partial charge in [-0.2, -0.15) is 0 Å². The Kier molecular flexibility index (Phi) is 3.99. The summed E-state index contributed by atoms with van der Waals surface area (Å²) >= 11 is 0. The molecule has 1 heterocycles. The fraction of sp³-hybridized carbons (Fsp3) is 0.571. The minimum Gasteiger partial charge on any atom is -0.365 e. The molecule has 1 amide bonds. The third kappa shape index (κ3) is 4.35. The molecule has 0 radical (unpaired) electrons. The van der Waals surface area contributed by atoms with Crippen LogP contribution in [-0.2, 0) is 10.3 Å². The molecule has 100 valence electrons. The predicted molar refractivity (Wildman–Crippen MR) is 74.5 cm³/mol. The van der Waals surface area contributed by atoms with Crippen molar-refractivity contribution in [2.24, 2.45) is 0 Å². The van der Waals surface area contributed by atoms with Crippen molar-refractivity contribution < 1.29 is 4.79 Å². The molecule has 18 heavy (non-hydrogen) atoms. The molecule has 0 aliphatic rings. The van der Waals surface area contributed by atoms with Crippen LogP contribution in [0.2, 0.25) is 0 Å². The molecule has 1 aromatic rings. The lowest BCUT2D eigenvalue weighted by Crippen LogP contribution is -2.39. The molecule has 0 saturated carbocycles. The van der Waals surface area contributed by atoms with Gasteiger partial charge in [-0.15, -0.1) is 0 Å². The van der Waals surface area contributed by atoms with Gasteiger partial charge in [-0.1, -0.05) is 6.07 Å². The number of pyridine rings is 1. The third-order valence-electron chi connectivity index (χ3n) is 2.48. The number of aromatic nitrogens is 1. The minimum atomic E-state index is -0.404. The van der Waals surface area contributed by atoms with Crippen LogP contribution in [-0.4, -0.2) is 16.4 Å². The average molecular weight is 249 g/mol. The summed E-state index contributed by atoms with van der Waals surface area (Å²) in [6.07, 6.45) is 1.80. The molecule has 0 unspecified atom stereocenters. The van der Waals surface area contributed by atoms with Gasteiger partial charge in [-0.25, -0.2) is 4.98 Å². The molecule has 0 spiro atoms. The van der Waals surface area contributed by atoms with Crippen molar-refractivity contribution in [2.75, 3.05) is 5.32 Å². The summed E-state index contributed by atoms with van der Waals surface area (Å²) in [6, 6.07) is 3.92. The van der Waals surface area contributed by atoms with Gasteiger partial charge >= 0.3 is 0 Å². The molecule has 4 heteroatoms. The molecule has 1 rings (SSSR count). The van der Waals surface area contributed by atoms with E-state index >= 15 is 0 Å². The fourth-order valence-electron chi connectivity index (χ4n) is 1.73. The predicted octanol–water partition coefficient (Wildman–Crippen LogP) is 2.66. The van der Waals surface area contributed by atoms with E-state index < -0.39 is 5.54 Å². The SMILES string of the molecule is CC(=O)NC(C)(C)c1ccc(NC(C)(C)C)nc1. The maximum atomic E-state index is 11.1. The van der Waals surface area contributed by atoms with Gasteiger partial charge in [0.05, 0.1) is 5.54 Å².